The van der Waals surface area contributed by atoms with Crippen LogP contribution in [-0.2, 0) is 6.42 Å². The Morgan fingerprint density at radius 2 is 2.05 bits per heavy atom. The van der Waals surface area contributed by atoms with E-state index >= 15 is 0 Å². The number of nitrogens with one attached hydrogen (secondary N) is 1. The van der Waals surface area contributed by atoms with Crippen LogP contribution in [0.3, 0.4) is 0 Å². The van der Waals surface area contributed by atoms with Crippen molar-refractivity contribution in [3.63, 3.8) is 0 Å². The van der Waals surface area contributed by atoms with Gasteiger partial charge in [0.05, 0.1) is 5.69 Å². The highest BCUT2D eigenvalue weighted by Crippen LogP contribution is 2.17. The Bertz CT molecular complexity index is 851. The molecule has 0 atom stereocenters. The Kier molecular flexibility index (Phi) is 3.63. The van der Waals surface area contributed by atoms with Crippen molar-refractivity contribution in [3.8, 4) is 0 Å². The summed E-state index contributed by atoms with van der Waals surface area (Å²) in [4.78, 5) is 16.9. The predicted octanol–water partition coefficient (Wildman–Crippen LogP) is 3.16. The molecule has 0 spiro atoms. The Hall–Kier alpha value is -2.69. The van der Waals surface area contributed by atoms with E-state index in [0.717, 1.165) is 17.8 Å². The first-order chi connectivity index (χ1) is 10.6. The third-order valence-electron chi connectivity index (χ3n) is 3.74. The number of hydrogen-bond acceptors (Lipinski definition) is 3. The van der Waals surface area contributed by atoms with Gasteiger partial charge in [-0.2, -0.15) is 5.10 Å². The lowest BCUT2D eigenvalue weighted by Crippen LogP contribution is -2.13. The average molecular weight is 294 g/mol. The fourth-order valence-corrected chi connectivity index (χ4v) is 2.27. The standard InChI is InChI=1S/C17H18N4O/c1-4-15-19-16-14(6-5-9-21(16)20-15)18-17(22)13-8-7-11(2)12(3)10-13/h5-10H,4H2,1-3H3,(H,18,22). The number of aromatic nitrogens is 3. The van der Waals surface area contributed by atoms with Gasteiger partial charge in [0.2, 0.25) is 0 Å². The summed E-state index contributed by atoms with van der Waals surface area (Å²) in [6, 6.07) is 9.36. The summed E-state index contributed by atoms with van der Waals surface area (Å²) >= 11 is 0. The summed E-state index contributed by atoms with van der Waals surface area (Å²) in [5.74, 6) is 0.616. The van der Waals surface area contributed by atoms with Gasteiger partial charge in [-0.25, -0.2) is 9.50 Å². The van der Waals surface area contributed by atoms with Gasteiger partial charge in [-0.05, 0) is 49.2 Å². The molecule has 0 radical (unpaired) electrons. The second kappa shape index (κ2) is 5.60. The van der Waals surface area contributed by atoms with E-state index in [2.05, 4.69) is 15.4 Å². The maximum absolute atomic E-state index is 12.4. The maximum atomic E-state index is 12.4. The van der Waals surface area contributed by atoms with E-state index in [0.29, 0.717) is 16.9 Å². The first kappa shape index (κ1) is 14.3. The van der Waals surface area contributed by atoms with Crippen LogP contribution in [0.4, 0.5) is 5.69 Å². The number of carbonyl (C=O) groups is 1. The second-order valence-corrected chi connectivity index (χ2v) is 5.32. The van der Waals surface area contributed by atoms with Gasteiger partial charge in [-0.3, -0.25) is 4.79 Å². The number of benzene rings is 1. The first-order valence-corrected chi connectivity index (χ1v) is 7.31. The van der Waals surface area contributed by atoms with Crippen molar-refractivity contribution in [2.24, 2.45) is 0 Å². The molecule has 1 aromatic carbocycles. The summed E-state index contributed by atoms with van der Waals surface area (Å²) in [5.41, 5.74) is 4.24. The largest absolute Gasteiger partial charge is 0.319 e. The lowest BCUT2D eigenvalue weighted by atomic mass is 10.1. The molecule has 1 N–H and O–H groups in total. The molecular formula is C17H18N4O. The molecule has 3 aromatic rings. The number of carbonyl (C=O) groups excluding carboxylic acids is 1. The third-order valence-corrected chi connectivity index (χ3v) is 3.74. The van der Waals surface area contributed by atoms with Crippen molar-refractivity contribution >= 4 is 17.2 Å². The zero-order valence-corrected chi connectivity index (χ0v) is 12.9. The van der Waals surface area contributed by atoms with E-state index < -0.39 is 0 Å². The highest BCUT2D eigenvalue weighted by Gasteiger charge is 2.11. The molecule has 0 saturated carbocycles. The molecule has 5 heteroatoms. The summed E-state index contributed by atoms with van der Waals surface area (Å²) in [7, 11) is 0. The van der Waals surface area contributed by atoms with Crippen LogP contribution in [0.15, 0.2) is 36.5 Å². The van der Waals surface area contributed by atoms with Crippen LogP contribution in [0.25, 0.3) is 5.65 Å². The number of anilines is 1. The van der Waals surface area contributed by atoms with Gasteiger partial charge in [0.1, 0.15) is 0 Å². The molecule has 5 nitrogen and oxygen atoms in total. The fourth-order valence-electron chi connectivity index (χ4n) is 2.27. The maximum Gasteiger partial charge on any atom is 0.255 e. The van der Waals surface area contributed by atoms with Crippen molar-refractivity contribution in [1.29, 1.82) is 0 Å². The van der Waals surface area contributed by atoms with Crippen molar-refractivity contribution < 1.29 is 4.79 Å². The molecule has 0 aliphatic heterocycles. The van der Waals surface area contributed by atoms with Gasteiger partial charge in [-0.15, -0.1) is 0 Å². The Balaban J connectivity index is 1.93. The number of hydrogen-bond donors (Lipinski definition) is 1. The van der Waals surface area contributed by atoms with E-state index in [9.17, 15) is 4.79 Å². The van der Waals surface area contributed by atoms with Crippen LogP contribution in [0, 0.1) is 13.8 Å². The Morgan fingerprint density at radius 1 is 1.23 bits per heavy atom. The monoisotopic (exact) mass is 294 g/mol. The summed E-state index contributed by atoms with van der Waals surface area (Å²) in [6.07, 6.45) is 2.58. The molecule has 1 amide bonds. The van der Waals surface area contributed by atoms with Crippen molar-refractivity contribution in [2.75, 3.05) is 5.32 Å². The topological polar surface area (TPSA) is 59.3 Å². The van der Waals surface area contributed by atoms with Gasteiger partial charge in [-0.1, -0.05) is 13.0 Å². The van der Waals surface area contributed by atoms with Crippen molar-refractivity contribution in [2.45, 2.75) is 27.2 Å². The number of nitrogens with zero attached hydrogens (tertiary/aromatic N) is 3. The minimum atomic E-state index is -0.141. The molecule has 112 valence electrons. The van der Waals surface area contributed by atoms with E-state index in [1.165, 1.54) is 5.56 Å². The highest BCUT2D eigenvalue weighted by molar-refractivity contribution is 6.06. The Labute approximate surface area is 129 Å². The molecular weight excluding hydrogens is 276 g/mol. The second-order valence-electron chi connectivity index (χ2n) is 5.32. The van der Waals surface area contributed by atoms with Crippen LogP contribution in [0.1, 0.15) is 34.2 Å². The molecule has 0 bridgehead atoms. The molecule has 22 heavy (non-hydrogen) atoms. The normalized spacial score (nSPS) is 10.9. The number of rotatable bonds is 3. The molecule has 2 aromatic heterocycles. The van der Waals surface area contributed by atoms with Gasteiger partial charge in [0.25, 0.3) is 5.91 Å². The SMILES string of the molecule is CCc1nc2c(NC(=O)c3ccc(C)c(C)c3)cccn2n1. The summed E-state index contributed by atoms with van der Waals surface area (Å²) in [6.45, 7) is 6.03. The minimum absolute atomic E-state index is 0.141. The first-order valence-electron chi connectivity index (χ1n) is 7.31. The number of aryl methyl sites for hydroxylation is 3. The van der Waals surface area contributed by atoms with E-state index in [1.807, 2.05) is 57.3 Å². The van der Waals surface area contributed by atoms with Gasteiger partial charge >= 0.3 is 0 Å². The van der Waals surface area contributed by atoms with Crippen molar-refractivity contribution in [1.82, 2.24) is 14.6 Å². The molecule has 0 fully saturated rings. The smallest absolute Gasteiger partial charge is 0.255 e. The van der Waals surface area contributed by atoms with Crippen LogP contribution < -0.4 is 5.32 Å². The zero-order chi connectivity index (χ0) is 15.7. The van der Waals surface area contributed by atoms with Crippen LogP contribution >= 0.6 is 0 Å². The summed E-state index contributed by atoms with van der Waals surface area (Å²) < 4.78 is 1.69. The molecule has 0 saturated heterocycles. The third kappa shape index (κ3) is 2.57. The van der Waals surface area contributed by atoms with Gasteiger partial charge < -0.3 is 5.32 Å². The van der Waals surface area contributed by atoms with Gasteiger partial charge in [0, 0.05) is 18.2 Å². The lowest BCUT2D eigenvalue weighted by molar-refractivity contribution is 0.102. The van der Waals surface area contributed by atoms with Crippen LogP contribution in [0.5, 0.6) is 0 Å². The quantitative estimate of drug-likeness (QED) is 0.807. The van der Waals surface area contributed by atoms with Crippen molar-refractivity contribution in [3.05, 3.63) is 59.0 Å². The molecule has 3 rings (SSSR count). The predicted molar refractivity (Wildman–Crippen MR) is 86.2 cm³/mol. The highest BCUT2D eigenvalue weighted by atomic mass is 16.1. The number of fused-ring (bicyclic) bond motifs is 1. The van der Waals surface area contributed by atoms with E-state index in [1.54, 1.807) is 4.52 Å². The molecule has 0 unspecified atom stereocenters. The van der Waals surface area contributed by atoms with Gasteiger partial charge in [0.15, 0.2) is 11.5 Å². The van der Waals surface area contributed by atoms with Crippen LogP contribution in [-0.4, -0.2) is 20.5 Å². The van der Waals surface area contributed by atoms with E-state index in [-0.39, 0.29) is 5.91 Å². The van der Waals surface area contributed by atoms with E-state index in [4.69, 9.17) is 0 Å². The minimum Gasteiger partial charge on any atom is -0.319 e. The molecule has 0 aliphatic carbocycles. The Morgan fingerprint density at radius 3 is 2.77 bits per heavy atom. The van der Waals surface area contributed by atoms with Crippen LogP contribution in [0.2, 0.25) is 0 Å². The zero-order valence-electron chi connectivity index (χ0n) is 12.9. The fraction of sp³-hybridized carbons (Fsp3) is 0.235. The number of amides is 1. The lowest BCUT2D eigenvalue weighted by Gasteiger charge is -2.07. The number of pyridine rings is 1. The summed E-state index contributed by atoms with van der Waals surface area (Å²) in [5, 5.41) is 7.27. The average Bonchev–Trinajstić information content (AvgIpc) is 2.94. The molecule has 0 aliphatic rings. The molecule has 2 heterocycles.